The summed E-state index contributed by atoms with van der Waals surface area (Å²) in [6.07, 6.45) is 6.09. The lowest BCUT2D eigenvalue weighted by Crippen LogP contribution is -2.23. The molecule has 0 aliphatic heterocycles. The second kappa shape index (κ2) is 6.88. The molecule has 1 aliphatic carbocycles. The van der Waals surface area contributed by atoms with Crippen LogP contribution >= 0.6 is 11.3 Å². The molecule has 2 heterocycles. The average Bonchev–Trinajstić information content (AvgIpc) is 3.17. The molecule has 0 radical (unpaired) electrons. The Labute approximate surface area is 150 Å². The first-order valence-electron chi connectivity index (χ1n) is 8.75. The fraction of sp³-hybridized carbons (Fsp3) is 0.368. The van der Waals surface area contributed by atoms with E-state index in [4.69, 9.17) is 4.98 Å². The van der Waals surface area contributed by atoms with E-state index in [1.807, 2.05) is 28.0 Å². The van der Waals surface area contributed by atoms with Crippen molar-refractivity contribution in [2.45, 2.75) is 44.6 Å². The number of benzene rings is 1. The summed E-state index contributed by atoms with van der Waals surface area (Å²) in [7, 11) is 0. The number of hydrogen-bond donors (Lipinski definition) is 2. The fourth-order valence-electron chi connectivity index (χ4n) is 3.57. The Morgan fingerprint density at radius 3 is 2.72 bits per heavy atom. The van der Waals surface area contributed by atoms with Crippen molar-refractivity contribution in [3.63, 3.8) is 0 Å². The van der Waals surface area contributed by atoms with E-state index >= 15 is 0 Å². The van der Waals surface area contributed by atoms with Crippen LogP contribution in [0.5, 0.6) is 0 Å². The highest BCUT2D eigenvalue weighted by atomic mass is 32.1. The lowest BCUT2D eigenvalue weighted by Gasteiger charge is -2.24. The number of aromatic nitrogens is 2. The number of carbonyl (C=O) groups is 1. The minimum atomic E-state index is -0.821. The van der Waals surface area contributed by atoms with Crippen LogP contribution in [0.1, 0.15) is 37.8 Å². The number of aliphatic carboxylic acids is 1. The van der Waals surface area contributed by atoms with Crippen molar-refractivity contribution in [1.82, 2.24) is 9.38 Å². The molecule has 3 aromatic rings. The standard InChI is InChI=1S/C19H21N3O2S/c23-16(24)11-15-12-25-19-21-17(13-7-3-1-4-8-13)18(22(15)19)20-14-9-5-2-6-10-14/h1,3-4,7-8,12,14,20H,2,5-6,9-11H2,(H,23,24). The van der Waals surface area contributed by atoms with Crippen LogP contribution in [0, 0.1) is 0 Å². The first kappa shape index (κ1) is 16.1. The van der Waals surface area contributed by atoms with E-state index in [0.717, 1.165) is 40.6 Å². The smallest absolute Gasteiger partial charge is 0.309 e. The summed E-state index contributed by atoms with van der Waals surface area (Å²) in [5.41, 5.74) is 2.74. The Morgan fingerprint density at radius 1 is 1.24 bits per heavy atom. The summed E-state index contributed by atoms with van der Waals surface area (Å²) in [4.78, 5) is 16.9. The van der Waals surface area contributed by atoms with Crippen LogP contribution < -0.4 is 5.32 Å². The van der Waals surface area contributed by atoms with Crippen molar-refractivity contribution in [3.8, 4) is 11.3 Å². The Bertz CT molecular complexity index is 879. The van der Waals surface area contributed by atoms with E-state index in [-0.39, 0.29) is 6.42 Å². The molecule has 0 bridgehead atoms. The van der Waals surface area contributed by atoms with Crippen LogP contribution in [-0.2, 0) is 11.2 Å². The van der Waals surface area contributed by atoms with Gasteiger partial charge in [-0.15, -0.1) is 11.3 Å². The van der Waals surface area contributed by atoms with Crippen LogP contribution in [-0.4, -0.2) is 26.5 Å². The molecule has 130 valence electrons. The Morgan fingerprint density at radius 2 is 2.00 bits per heavy atom. The van der Waals surface area contributed by atoms with Gasteiger partial charge < -0.3 is 10.4 Å². The minimum absolute atomic E-state index is 0.00391. The molecule has 0 amide bonds. The fourth-order valence-corrected chi connectivity index (χ4v) is 4.45. The van der Waals surface area contributed by atoms with Crippen LogP contribution in [0.2, 0.25) is 0 Å². The topological polar surface area (TPSA) is 66.6 Å². The van der Waals surface area contributed by atoms with E-state index in [1.54, 1.807) is 0 Å². The summed E-state index contributed by atoms with van der Waals surface area (Å²) >= 11 is 1.50. The third kappa shape index (κ3) is 3.26. The van der Waals surface area contributed by atoms with Gasteiger partial charge in [-0.3, -0.25) is 9.20 Å². The van der Waals surface area contributed by atoms with Gasteiger partial charge in [-0.2, -0.15) is 0 Å². The molecule has 5 nitrogen and oxygen atoms in total. The van der Waals surface area contributed by atoms with Gasteiger partial charge in [0, 0.05) is 22.7 Å². The molecule has 0 atom stereocenters. The van der Waals surface area contributed by atoms with Gasteiger partial charge in [-0.05, 0) is 12.8 Å². The highest BCUT2D eigenvalue weighted by Gasteiger charge is 2.22. The summed E-state index contributed by atoms with van der Waals surface area (Å²) in [6.45, 7) is 0. The normalized spacial score (nSPS) is 15.5. The highest BCUT2D eigenvalue weighted by Crippen LogP contribution is 2.34. The van der Waals surface area contributed by atoms with E-state index in [9.17, 15) is 9.90 Å². The third-order valence-corrected chi connectivity index (χ3v) is 5.63. The van der Waals surface area contributed by atoms with Crippen molar-refractivity contribution in [1.29, 1.82) is 0 Å². The highest BCUT2D eigenvalue weighted by molar-refractivity contribution is 7.15. The first-order valence-corrected chi connectivity index (χ1v) is 9.63. The summed E-state index contributed by atoms with van der Waals surface area (Å²) < 4.78 is 2.00. The van der Waals surface area contributed by atoms with Crippen molar-refractivity contribution in [3.05, 3.63) is 41.4 Å². The second-order valence-corrected chi connectivity index (χ2v) is 7.41. The van der Waals surface area contributed by atoms with Gasteiger partial charge in [0.05, 0.1) is 6.42 Å². The summed E-state index contributed by atoms with van der Waals surface area (Å²) in [6, 6.07) is 10.5. The van der Waals surface area contributed by atoms with Gasteiger partial charge in [0.2, 0.25) is 0 Å². The molecule has 1 aliphatic rings. The predicted molar refractivity (Wildman–Crippen MR) is 100 cm³/mol. The maximum Gasteiger partial charge on any atom is 0.309 e. The number of imidazole rings is 1. The van der Waals surface area contributed by atoms with Gasteiger partial charge in [0.15, 0.2) is 4.96 Å². The molecule has 0 unspecified atom stereocenters. The maximum absolute atomic E-state index is 11.2. The molecule has 2 N–H and O–H groups in total. The third-order valence-electron chi connectivity index (χ3n) is 4.76. The van der Waals surface area contributed by atoms with Gasteiger partial charge in [0.1, 0.15) is 11.5 Å². The summed E-state index contributed by atoms with van der Waals surface area (Å²) in [5.74, 6) is 0.115. The molecule has 25 heavy (non-hydrogen) atoms. The van der Waals surface area contributed by atoms with Crippen molar-refractivity contribution in [2.75, 3.05) is 5.32 Å². The van der Waals surface area contributed by atoms with Crippen LogP contribution in [0.4, 0.5) is 5.82 Å². The summed E-state index contributed by atoms with van der Waals surface area (Å²) in [5, 5.41) is 14.8. The monoisotopic (exact) mass is 355 g/mol. The lowest BCUT2D eigenvalue weighted by molar-refractivity contribution is -0.136. The van der Waals surface area contributed by atoms with Gasteiger partial charge in [0.25, 0.3) is 0 Å². The minimum Gasteiger partial charge on any atom is -0.481 e. The number of carboxylic acids is 1. The van der Waals surface area contributed by atoms with Crippen LogP contribution in [0.15, 0.2) is 35.7 Å². The average molecular weight is 355 g/mol. The number of nitrogens with zero attached hydrogens (tertiary/aromatic N) is 2. The number of rotatable bonds is 5. The Balaban J connectivity index is 1.81. The van der Waals surface area contributed by atoms with E-state index in [1.165, 1.54) is 30.6 Å². The van der Waals surface area contributed by atoms with E-state index in [0.29, 0.717) is 6.04 Å². The number of anilines is 1. The molecule has 0 saturated heterocycles. The van der Waals surface area contributed by atoms with Crippen molar-refractivity contribution >= 4 is 28.1 Å². The van der Waals surface area contributed by atoms with Gasteiger partial charge in [-0.25, -0.2) is 4.98 Å². The molecule has 1 saturated carbocycles. The number of thiazole rings is 1. The quantitative estimate of drug-likeness (QED) is 0.710. The Kier molecular flexibility index (Phi) is 4.44. The number of carboxylic acid groups (broad SMARTS) is 1. The Hall–Kier alpha value is -2.34. The second-order valence-electron chi connectivity index (χ2n) is 6.57. The number of nitrogens with one attached hydrogen (secondary N) is 1. The maximum atomic E-state index is 11.2. The van der Waals surface area contributed by atoms with Crippen LogP contribution in [0.3, 0.4) is 0 Å². The van der Waals surface area contributed by atoms with Crippen molar-refractivity contribution in [2.24, 2.45) is 0 Å². The van der Waals surface area contributed by atoms with Gasteiger partial charge in [-0.1, -0.05) is 49.6 Å². The first-order chi connectivity index (χ1) is 12.2. The number of hydrogen-bond acceptors (Lipinski definition) is 4. The zero-order chi connectivity index (χ0) is 17.2. The molecule has 2 aromatic heterocycles. The molecule has 1 aromatic carbocycles. The molecular weight excluding hydrogens is 334 g/mol. The molecule has 6 heteroatoms. The SMILES string of the molecule is O=C(O)Cc1csc2nc(-c3ccccc3)c(NC3CCCCC3)n12. The van der Waals surface area contributed by atoms with E-state index < -0.39 is 5.97 Å². The molecule has 4 rings (SSSR count). The molecule has 1 fully saturated rings. The zero-order valence-electron chi connectivity index (χ0n) is 13.9. The van der Waals surface area contributed by atoms with Crippen molar-refractivity contribution < 1.29 is 9.90 Å². The van der Waals surface area contributed by atoms with Gasteiger partial charge >= 0.3 is 5.97 Å². The molecular formula is C19H21N3O2S. The largest absolute Gasteiger partial charge is 0.481 e. The lowest BCUT2D eigenvalue weighted by atomic mass is 9.95. The predicted octanol–water partition coefficient (Wildman–Crippen LogP) is 4.43. The van der Waals surface area contributed by atoms with Crippen LogP contribution in [0.25, 0.3) is 16.2 Å². The van der Waals surface area contributed by atoms with E-state index in [2.05, 4.69) is 17.4 Å². The number of fused-ring (bicyclic) bond motifs is 1. The zero-order valence-corrected chi connectivity index (χ0v) is 14.8. The molecule has 0 spiro atoms.